The fourth-order valence-electron chi connectivity index (χ4n) is 1.81. The zero-order chi connectivity index (χ0) is 12.9. The van der Waals surface area contributed by atoms with Gasteiger partial charge in [0.25, 0.3) is 0 Å². The van der Waals surface area contributed by atoms with Crippen LogP contribution in [0.15, 0.2) is 0 Å². The SMILES string of the molecule is CCCn1nnnc1CN(C)CC(C)(C)CN. The maximum absolute atomic E-state index is 5.73. The van der Waals surface area contributed by atoms with Gasteiger partial charge in [0.15, 0.2) is 5.82 Å². The van der Waals surface area contributed by atoms with Crippen molar-refractivity contribution in [1.29, 1.82) is 0 Å². The molecule has 17 heavy (non-hydrogen) atoms. The number of nitrogens with zero attached hydrogens (tertiary/aromatic N) is 5. The second-order valence-electron chi connectivity index (χ2n) is 5.36. The van der Waals surface area contributed by atoms with E-state index in [-0.39, 0.29) is 5.41 Å². The largest absolute Gasteiger partial charge is 0.330 e. The van der Waals surface area contributed by atoms with Crippen LogP contribution in [0.2, 0.25) is 0 Å². The van der Waals surface area contributed by atoms with Crippen molar-refractivity contribution in [2.45, 2.75) is 40.3 Å². The molecular formula is C11H24N6. The monoisotopic (exact) mass is 240 g/mol. The smallest absolute Gasteiger partial charge is 0.165 e. The average molecular weight is 240 g/mol. The second kappa shape index (κ2) is 6.07. The number of aryl methyl sites for hydroxylation is 1. The summed E-state index contributed by atoms with van der Waals surface area (Å²) in [6.07, 6.45) is 1.04. The molecule has 1 heterocycles. The summed E-state index contributed by atoms with van der Waals surface area (Å²) >= 11 is 0. The van der Waals surface area contributed by atoms with E-state index in [1.807, 2.05) is 4.68 Å². The molecule has 0 unspecified atom stereocenters. The Morgan fingerprint density at radius 1 is 1.41 bits per heavy atom. The Kier molecular flexibility index (Phi) is 5.02. The average Bonchev–Trinajstić information content (AvgIpc) is 2.65. The van der Waals surface area contributed by atoms with Crippen molar-refractivity contribution in [3.8, 4) is 0 Å². The first-order valence-corrected chi connectivity index (χ1v) is 6.12. The Labute approximate surface area is 103 Å². The van der Waals surface area contributed by atoms with Crippen molar-refractivity contribution in [2.75, 3.05) is 20.1 Å². The Morgan fingerprint density at radius 3 is 2.71 bits per heavy atom. The fourth-order valence-corrected chi connectivity index (χ4v) is 1.81. The van der Waals surface area contributed by atoms with Crippen LogP contribution < -0.4 is 5.73 Å². The Hall–Kier alpha value is -1.01. The van der Waals surface area contributed by atoms with Gasteiger partial charge in [-0.3, -0.25) is 4.90 Å². The van der Waals surface area contributed by atoms with Gasteiger partial charge in [0.2, 0.25) is 0 Å². The molecule has 1 aromatic rings. The molecule has 6 nitrogen and oxygen atoms in total. The first-order valence-electron chi connectivity index (χ1n) is 6.12. The molecule has 0 atom stereocenters. The molecule has 98 valence electrons. The highest BCUT2D eigenvalue weighted by Gasteiger charge is 2.19. The van der Waals surface area contributed by atoms with Crippen molar-refractivity contribution in [3.63, 3.8) is 0 Å². The van der Waals surface area contributed by atoms with Gasteiger partial charge in [-0.1, -0.05) is 20.8 Å². The van der Waals surface area contributed by atoms with Crippen LogP contribution in [0.5, 0.6) is 0 Å². The number of hydrogen-bond acceptors (Lipinski definition) is 5. The molecule has 0 bridgehead atoms. The molecule has 0 saturated carbocycles. The molecule has 0 aliphatic carbocycles. The predicted octanol–water partition coefficient (Wildman–Crippen LogP) is 0.500. The number of nitrogens with two attached hydrogens (primary N) is 1. The molecule has 0 aliphatic rings. The minimum Gasteiger partial charge on any atom is -0.330 e. The lowest BCUT2D eigenvalue weighted by atomic mass is 9.93. The Balaban J connectivity index is 2.55. The number of aromatic nitrogens is 4. The molecule has 0 fully saturated rings. The van der Waals surface area contributed by atoms with E-state index >= 15 is 0 Å². The summed E-state index contributed by atoms with van der Waals surface area (Å²) < 4.78 is 1.87. The predicted molar refractivity (Wildman–Crippen MR) is 67.3 cm³/mol. The fraction of sp³-hybridized carbons (Fsp3) is 0.909. The summed E-state index contributed by atoms with van der Waals surface area (Å²) in [4.78, 5) is 2.21. The summed E-state index contributed by atoms with van der Waals surface area (Å²) in [7, 11) is 2.07. The minimum atomic E-state index is 0.123. The van der Waals surface area contributed by atoms with Crippen LogP contribution in [0, 0.1) is 5.41 Å². The molecular weight excluding hydrogens is 216 g/mol. The van der Waals surface area contributed by atoms with E-state index in [9.17, 15) is 0 Å². The molecule has 1 aromatic heterocycles. The third-order valence-electron chi connectivity index (χ3n) is 2.70. The van der Waals surface area contributed by atoms with Gasteiger partial charge in [0.1, 0.15) is 0 Å². The van der Waals surface area contributed by atoms with E-state index < -0.39 is 0 Å². The van der Waals surface area contributed by atoms with Gasteiger partial charge in [0, 0.05) is 13.1 Å². The van der Waals surface area contributed by atoms with E-state index in [1.54, 1.807) is 0 Å². The van der Waals surface area contributed by atoms with Crippen LogP contribution in [0.4, 0.5) is 0 Å². The molecule has 0 radical (unpaired) electrons. The summed E-state index contributed by atoms with van der Waals surface area (Å²) in [5.41, 5.74) is 5.86. The summed E-state index contributed by atoms with van der Waals surface area (Å²) in [6, 6.07) is 0. The van der Waals surface area contributed by atoms with Gasteiger partial charge in [-0.2, -0.15) is 0 Å². The van der Waals surface area contributed by atoms with Crippen LogP contribution in [0.3, 0.4) is 0 Å². The molecule has 0 saturated heterocycles. The standard InChI is InChI=1S/C11H24N6/c1-5-6-17-10(13-14-15-17)7-16(4)9-11(2,3)8-12/h5-9,12H2,1-4H3. The summed E-state index contributed by atoms with van der Waals surface area (Å²) in [6.45, 7) is 9.69. The highest BCUT2D eigenvalue weighted by molar-refractivity contribution is 4.82. The molecule has 0 aromatic carbocycles. The van der Waals surface area contributed by atoms with Gasteiger partial charge in [-0.15, -0.1) is 5.10 Å². The van der Waals surface area contributed by atoms with Crippen LogP contribution in [0.1, 0.15) is 33.0 Å². The Bertz CT molecular complexity index is 332. The van der Waals surface area contributed by atoms with Crippen molar-refractivity contribution >= 4 is 0 Å². The lowest BCUT2D eigenvalue weighted by Crippen LogP contribution is -2.36. The maximum Gasteiger partial charge on any atom is 0.165 e. The van der Waals surface area contributed by atoms with Crippen molar-refractivity contribution in [1.82, 2.24) is 25.1 Å². The van der Waals surface area contributed by atoms with Gasteiger partial charge in [-0.05, 0) is 35.9 Å². The molecule has 6 heteroatoms. The first-order chi connectivity index (χ1) is 7.98. The van der Waals surface area contributed by atoms with Crippen LogP contribution >= 0.6 is 0 Å². The molecule has 0 amide bonds. The maximum atomic E-state index is 5.73. The van der Waals surface area contributed by atoms with E-state index in [0.717, 1.165) is 31.9 Å². The minimum absolute atomic E-state index is 0.123. The third-order valence-corrected chi connectivity index (χ3v) is 2.70. The first kappa shape index (κ1) is 14.1. The van der Waals surface area contributed by atoms with E-state index in [4.69, 9.17) is 5.73 Å². The van der Waals surface area contributed by atoms with Gasteiger partial charge in [0.05, 0.1) is 6.54 Å². The van der Waals surface area contributed by atoms with Crippen molar-refractivity contribution in [3.05, 3.63) is 5.82 Å². The summed E-state index contributed by atoms with van der Waals surface area (Å²) in [5.74, 6) is 0.919. The topological polar surface area (TPSA) is 72.9 Å². The summed E-state index contributed by atoms with van der Waals surface area (Å²) in [5, 5.41) is 11.8. The van der Waals surface area contributed by atoms with Gasteiger partial charge >= 0.3 is 0 Å². The van der Waals surface area contributed by atoms with E-state index in [1.165, 1.54) is 0 Å². The van der Waals surface area contributed by atoms with Crippen LogP contribution in [0.25, 0.3) is 0 Å². The van der Waals surface area contributed by atoms with E-state index in [2.05, 4.69) is 48.2 Å². The van der Waals surface area contributed by atoms with Crippen LogP contribution in [-0.4, -0.2) is 45.2 Å². The highest BCUT2D eigenvalue weighted by Crippen LogP contribution is 2.14. The third kappa shape index (κ3) is 4.40. The van der Waals surface area contributed by atoms with Crippen molar-refractivity contribution in [2.24, 2.45) is 11.1 Å². The normalized spacial score (nSPS) is 12.4. The zero-order valence-electron chi connectivity index (χ0n) is 11.3. The second-order valence-corrected chi connectivity index (χ2v) is 5.36. The lowest BCUT2D eigenvalue weighted by Gasteiger charge is -2.28. The lowest BCUT2D eigenvalue weighted by molar-refractivity contribution is 0.203. The highest BCUT2D eigenvalue weighted by atomic mass is 15.5. The quantitative estimate of drug-likeness (QED) is 0.751. The van der Waals surface area contributed by atoms with Crippen LogP contribution in [-0.2, 0) is 13.1 Å². The number of hydrogen-bond donors (Lipinski definition) is 1. The zero-order valence-corrected chi connectivity index (χ0v) is 11.3. The molecule has 0 spiro atoms. The van der Waals surface area contributed by atoms with E-state index in [0.29, 0.717) is 6.54 Å². The van der Waals surface area contributed by atoms with Crippen molar-refractivity contribution < 1.29 is 0 Å². The number of tetrazole rings is 1. The van der Waals surface area contributed by atoms with Gasteiger partial charge < -0.3 is 5.73 Å². The van der Waals surface area contributed by atoms with Gasteiger partial charge in [-0.25, -0.2) is 4.68 Å². The number of rotatable bonds is 7. The Morgan fingerprint density at radius 2 is 2.12 bits per heavy atom. The molecule has 0 aliphatic heterocycles. The molecule has 1 rings (SSSR count). The molecule has 2 N–H and O–H groups in total.